The van der Waals surface area contributed by atoms with E-state index in [1.54, 1.807) is 0 Å². The number of hydrogen-bond donors (Lipinski definition) is 2. The molecule has 1 heterocycles. The number of nitrogens with one attached hydrogen (secondary N) is 1. The van der Waals surface area contributed by atoms with E-state index < -0.39 is 72.8 Å². The molecule has 0 spiro atoms. The van der Waals surface area contributed by atoms with Crippen LogP contribution >= 0.6 is 0 Å². The van der Waals surface area contributed by atoms with Crippen LogP contribution in [0.4, 0.5) is 13.2 Å². The molecule has 0 bridgehead atoms. The number of amides is 1. The molecule has 13 heteroatoms. The first-order valence-electron chi connectivity index (χ1n) is 9.59. The van der Waals surface area contributed by atoms with Crippen molar-refractivity contribution in [3.05, 3.63) is 35.4 Å². The first-order valence-corrected chi connectivity index (χ1v) is 9.59. The highest BCUT2D eigenvalue weighted by atomic mass is 19.4. The molecule has 0 aromatic heterocycles. The molecule has 1 amide bonds. The smallest absolute Gasteiger partial charge is 0.416 e. The van der Waals surface area contributed by atoms with E-state index in [-0.39, 0.29) is 5.56 Å². The van der Waals surface area contributed by atoms with Crippen LogP contribution in [0, 0.1) is 0 Å². The maximum Gasteiger partial charge on any atom is 0.416 e. The second-order valence-electron chi connectivity index (χ2n) is 7.05. The van der Waals surface area contributed by atoms with Gasteiger partial charge in [-0.1, -0.05) is 6.07 Å². The van der Waals surface area contributed by atoms with Gasteiger partial charge in [-0.25, -0.2) is 0 Å². The zero-order valence-electron chi connectivity index (χ0n) is 17.8. The minimum Gasteiger partial charge on any atom is -0.456 e. The Labute approximate surface area is 185 Å². The molecule has 33 heavy (non-hydrogen) atoms. The van der Waals surface area contributed by atoms with Gasteiger partial charge in [0.25, 0.3) is 5.91 Å². The predicted molar refractivity (Wildman–Crippen MR) is 101 cm³/mol. The maximum atomic E-state index is 13.0. The van der Waals surface area contributed by atoms with Crippen LogP contribution in [-0.2, 0) is 39.5 Å². The van der Waals surface area contributed by atoms with Crippen molar-refractivity contribution >= 4 is 23.8 Å². The number of ether oxygens (including phenoxy) is 4. The largest absolute Gasteiger partial charge is 0.456 e. The number of carbonyl (C=O) groups excluding carboxylic acids is 4. The zero-order chi connectivity index (χ0) is 24.9. The molecule has 2 rings (SSSR count). The van der Waals surface area contributed by atoms with Crippen molar-refractivity contribution in [3.8, 4) is 0 Å². The van der Waals surface area contributed by atoms with Gasteiger partial charge in [-0.3, -0.25) is 19.2 Å². The second kappa shape index (κ2) is 10.6. The van der Waals surface area contributed by atoms with E-state index in [9.17, 15) is 37.5 Å². The van der Waals surface area contributed by atoms with Gasteiger partial charge in [0.05, 0.1) is 12.2 Å². The molecule has 182 valence electrons. The van der Waals surface area contributed by atoms with Crippen LogP contribution < -0.4 is 5.32 Å². The van der Waals surface area contributed by atoms with Crippen molar-refractivity contribution in [3.63, 3.8) is 0 Å². The van der Waals surface area contributed by atoms with Gasteiger partial charge in [0.1, 0.15) is 6.10 Å². The summed E-state index contributed by atoms with van der Waals surface area (Å²) in [7, 11) is 0. The monoisotopic (exact) mass is 477 g/mol. The van der Waals surface area contributed by atoms with E-state index in [0.717, 1.165) is 39.0 Å². The van der Waals surface area contributed by atoms with E-state index in [4.69, 9.17) is 18.9 Å². The molecule has 0 unspecified atom stereocenters. The predicted octanol–water partition coefficient (Wildman–Crippen LogP) is 0.947. The number of aliphatic hydroxyl groups excluding tert-OH is 1. The normalized spacial score (nSPS) is 25.0. The summed E-state index contributed by atoms with van der Waals surface area (Å²) in [6, 6.07) is 3.52. The Kier molecular flexibility index (Phi) is 8.39. The van der Waals surface area contributed by atoms with Gasteiger partial charge in [-0.15, -0.1) is 0 Å². The van der Waals surface area contributed by atoms with Crippen LogP contribution in [0.2, 0.25) is 0 Å². The molecular weight excluding hydrogens is 455 g/mol. The van der Waals surface area contributed by atoms with Crippen LogP contribution in [0.1, 0.15) is 36.7 Å². The molecule has 1 fully saturated rings. The molecule has 10 nitrogen and oxygen atoms in total. The van der Waals surface area contributed by atoms with Crippen molar-refractivity contribution in [1.29, 1.82) is 0 Å². The Morgan fingerprint density at radius 3 is 2.03 bits per heavy atom. The van der Waals surface area contributed by atoms with Crippen molar-refractivity contribution in [1.82, 2.24) is 5.32 Å². The molecular formula is C20H22F3NO9. The average Bonchev–Trinajstić information content (AvgIpc) is 2.70. The third-order valence-corrected chi connectivity index (χ3v) is 4.45. The topological polar surface area (TPSA) is 137 Å². The molecule has 0 radical (unpaired) electrons. The number of hydrogen-bond acceptors (Lipinski definition) is 9. The minimum atomic E-state index is -4.70. The van der Waals surface area contributed by atoms with Crippen LogP contribution in [0.5, 0.6) is 0 Å². The summed E-state index contributed by atoms with van der Waals surface area (Å²) in [4.78, 5) is 47.5. The number of alkyl halides is 3. The Balaban J connectivity index is 2.40. The summed E-state index contributed by atoms with van der Waals surface area (Å²) in [5, 5.41) is 11.9. The first-order chi connectivity index (χ1) is 15.3. The maximum absolute atomic E-state index is 13.0. The Hall–Kier alpha value is -3.19. The van der Waals surface area contributed by atoms with Crippen LogP contribution in [-0.4, -0.2) is 66.2 Å². The molecule has 0 saturated carbocycles. The fraction of sp³-hybridized carbons (Fsp3) is 0.500. The third kappa shape index (κ3) is 6.89. The summed E-state index contributed by atoms with van der Waals surface area (Å²) < 4.78 is 59.8. The van der Waals surface area contributed by atoms with Gasteiger partial charge in [0.2, 0.25) is 0 Å². The standard InChI is InChI=1S/C20H22F3NO9/c1-9(26)30-15-14(8-25)33-19(17(32-11(3)28)16(15)31-10(2)27)24-18(29)12-5-4-6-13(7-12)20(21,22)23/h4-7,14-17,19,25H,8H2,1-3H3,(H,24,29)/t14-,15-,16+,17-,19-/m1/s1. The number of rotatable bonds is 6. The number of benzene rings is 1. The summed E-state index contributed by atoms with van der Waals surface area (Å²) in [6.45, 7) is 2.31. The average molecular weight is 477 g/mol. The highest BCUT2D eigenvalue weighted by Gasteiger charge is 2.52. The summed E-state index contributed by atoms with van der Waals surface area (Å²) in [6.07, 6.45) is -12.1. The molecule has 5 atom stereocenters. The SMILES string of the molecule is CC(=O)O[C@@H]1[C@@H](OC(C)=O)[C@H](NC(=O)c2cccc(C(F)(F)F)c2)O[C@H](CO)[C@H]1OC(C)=O. The highest BCUT2D eigenvalue weighted by Crippen LogP contribution is 2.30. The van der Waals surface area contributed by atoms with Gasteiger partial charge in [0.15, 0.2) is 24.5 Å². The van der Waals surface area contributed by atoms with Crippen LogP contribution in [0.25, 0.3) is 0 Å². The van der Waals surface area contributed by atoms with Crippen molar-refractivity contribution in [2.75, 3.05) is 6.61 Å². The Morgan fingerprint density at radius 1 is 0.970 bits per heavy atom. The summed E-state index contributed by atoms with van der Waals surface area (Å²) in [5.74, 6) is -3.61. The lowest BCUT2D eigenvalue weighted by atomic mass is 9.97. The van der Waals surface area contributed by atoms with Gasteiger partial charge in [-0.2, -0.15) is 13.2 Å². The van der Waals surface area contributed by atoms with Crippen molar-refractivity contribution < 1.29 is 56.4 Å². The number of esters is 3. The van der Waals surface area contributed by atoms with Gasteiger partial charge in [0, 0.05) is 26.3 Å². The van der Waals surface area contributed by atoms with Crippen LogP contribution in [0.15, 0.2) is 24.3 Å². The molecule has 1 saturated heterocycles. The quantitative estimate of drug-likeness (QED) is 0.453. The summed E-state index contributed by atoms with van der Waals surface area (Å²) >= 11 is 0. The van der Waals surface area contributed by atoms with E-state index >= 15 is 0 Å². The minimum absolute atomic E-state index is 0.387. The Bertz CT molecular complexity index is 905. The third-order valence-electron chi connectivity index (χ3n) is 4.45. The number of aliphatic hydroxyl groups is 1. The Morgan fingerprint density at radius 2 is 1.52 bits per heavy atom. The van der Waals surface area contributed by atoms with E-state index in [1.165, 1.54) is 0 Å². The fourth-order valence-electron chi connectivity index (χ4n) is 3.21. The lowest BCUT2D eigenvalue weighted by Gasteiger charge is -2.44. The molecule has 1 aromatic rings. The number of carbonyl (C=O) groups is 4. The second-order valence-corrected chi connectivity index (χ2v) is 7.05. The van der Waals surface area contributed by atoms with Gasteiger partial charge < -0.3 is 29.4 Å². The van der Waals surface area contributed by atoms with Gasteiger partial charge >= 0.3 is 24.1 Å². The number of halogens is 3. The van der Waals surface area contributed by atoms with Crippen molar-refractivity contribution in [2.24, 2.45) is 0 Å². The first kappa shape index (κ1) is 26.1. The summed E-state index contributed by atoms with van der Waals surface area (Å²) in [5.41, 5.74) is -1.46. The van der Waals surface area contributed by atoms with Crippen LogP contribution in [0.3, 0.4) is 0 Å². The highest BCUT2D eigenvalue weighted by molar-refractivity contribution is 5.94. The lowest BCUT2D eigenvalue weighted by Crippen LogP contribution is -2.66. The van der Waals surface area contributed by atoms with Crippen molar-refractivity contribution in [2.45, 2.75) is 57.6 Å². The molecule has 1 aromatic carbocycles. The zero-order valence-corrected chi connectivity index (χ0v) is 17.8. The van der Waals surface area contributed by atoms with E-state index in [2.05, 4.69) is 5.32 Å². The lowest BCUT2D eigenvalue weighted by molar-refractivity contribution is -0.254. The molecule has 1 aliphatic heterocycles. The van der Waals surface area contributed by atoms with E-state index in [0.29, 0.717) is 6.07 Å². The molecule has 1 aliphatic rings. The molecule has 0 aliphatic carbocycles. The molecule has 2 N–H and O–H groups in total. The fourth-order valence-corrected chi connectivity index (χ4v) is 3.21. The van der Waals surface area contributed by atoms with Gasteiger partial charge in [-0.05, 0) is 18.2 Å². The van der Waals surface area contributed by atoms with E-state index in [1.807, 2.05) is 0 Å².